The van der Waals surface area contributed by atoms with Crippen molar-refractivity contribution < 1.29 is 0 Å². The molecule has 2 aromatic rings. The first-order valence-corrected chi connectivity index (χ1v) is 10.4. The number of H-pyrrole nitrogens is 1. The highest BCUT2D eigenvalue weighted by Gasteiger charge is 2.18. The van der Waals surface area contributed by atoms with Crippen LogP contribution in [0.1, 0.15) is 24.6 Å². The van der Waals surface area contributed by atoms with Crippen molar-refractivity contribution in [2.45, 2.75) is 24.9 Å². The van der Waals surface area contributed by atoms with Crippen molar-refractivity contribution >= 4 is 29.1 Å². The Labute approximate surface area is 158 Å². The normalized spacial score (nSPS) is 17.3. The van der Waals surface area contributed by atoms with Crippen LogP contribution in [0.25, 0.3) is 0 Å². The summed E-state index contributed by atoms with van der Waals surface area (Å²) in [6, 6.07) is 8.38. The van der Waals surface area contributed by atoms with Gasteiger partial charge >= 0.3 is 0 Å². The summed E-state index contributed by atoms with van der Waals surface area (Å²) in [4.78, 5) is 24.4. The zero-order chi connectivity index (χ0) is 17.9. The highest BCUT2D eigenvalue weighted by atomic mass is 32.2. The van der Waals surface area contributed by atoms with Crippen LogP contribution >= 0.6 is 11.8 Å². The molecule has 3 heterocycles. The number of piperazine rings is 1. The molecule has 1 aromatic carbocycles. The second-order valence-corrected chi connectivity index (χ2v) is 7.82. The van der Waals surface area contributed by atoms with E-state index in [9.17, 15) is 4.79 Å². The largest absolute Gasteiger partial charge is 0.369 e. The molecule has 1 saturated heterocycles. The molecule has 138 valence electrons. The zero-order valence-corrected chi connectivity index (χ0v) is 15.9. The molecule has 2 aliphatic heterocycles. The second kappa shape index (κ2) is 7.72. The number of anilines is 3. The maximum absolute atomic E-state index is 12.1. The average molecular weight is 372 g/mol. The van der Waals surface area contributed by atoms with Gasteiger partial charge in [0.2, 0.25) is 5.95 Å². The molecule has 0 amide bonds. The van der Waals surface area contributed by atoms with Crippen molar-refractivity contribution in [1.29, 1.82) is 0 Å². The second-order valence-electron chi connectivity index (χ2n) is 6.83. The van der Waals surface area contributed by atoms with Gasteiger partial charge in [0.05, 0.1) is 5.69 Å². The van der Waals surface area contributed by atoms with Crippen LogP contribution in [0.4, 0.5) is 17.3 Å². The fourth-order valence-electron chi connectivity index (χ4n) is 3.56. The Morgan fingerprint density at radius 3 is 2.65 bits per heavy atom. The van der Waals surface area contributed by atoms with Crippen LogP contribution in [-0.4, -0.2) is 47.6 Å². The number of nitrogens with zero attached hydrogens (tertiary/aromatic N) is 3. The van der Waals surface area contributed by atoms with Crippen LogP contribution in [0.15, 0.2) is 29.1 Å². The van der Waals surface area contributed by atoms with Gasteiger partial charge in [-0.05, 0) is 37.2 Å². The number of benzene rings is 1. The van der Waals surface area contributed by atoms with Gasteiger partial charge in [0.1, 0.15) is 0 Å². The van der Waals surface area contributed by atoms with Crippen LogP contribution in [0.5, 0.6) is 0 Å². The molecular weight excluding hydrogens is 346 g/mol. The number of rotatable bonds is 5. The molecule has 0 atom stereocenters. The fraction of sp³-hybridized carbons (Fsp3) is 0.474. The number of nitrogens with one attached hydrogen (secondary N) is 2. The van der Waals surface area contributed by atoms with E-state index < -0.39 is 0 Å². The summed E-state index contributed by atoms with van der Waals surface area (Å²) in [5, 5.41) is 3.23. The lowest BCUT2D eigenvalue weighted by molar-refractivity contribution is 0.258. The third-order valence-electron chi connectivity index (χ3n) is 4.99. The summed E-state index contributed by atoms with van der Waals surface area (Å²) in [6.07, 6.45) is 1.22. The first-order valence-electron chi connectivity index (χ1n) is 9.27. The molecular formula is C19H25N5OS. The molecule has 0 bridgehead atoms. The van der Waals surface area contributed by atoms with E-state index in [0.29, 0.717) is 5.95 Å². The number of aromatic amines is 1. The maximum atomic E-state index is 12.1. The smallest absolute Gasteiger partial charge is 0.256 e. The van der Waals surface area contributed by atoms with Gasteiger partial charge in [-0.1, -0.05) is 6.92 Å². The number of aromatic nitrogens is 2. The lowest BCUT2D eigenvalue weighted by Gasteiger charge is -2.36. The first-order chi connectivity index (χ1) is 12.7. The predicted octanol–water partition coefficient (Wildman–Crippen LogP) is 2.79. The molecule has 0 saturated carbocycles. The summed E-state index contributed by atoms with van der Waals surface area (Å²) < 4.78 is 0. The van der Waals surface area contributed by atoms with Crippen LogP contribution in [0.3, 0.4) is 0 Å². The van der Waals surface area contributed by atoms with Gasteiger partial charge in [0.25, 0.3) is 5.56 Å². The zero-order valence-electron chi connectivity index (χ0n) is 15.1. The van der Waals surface area contributed by atoms with Crippen molar-refractivity contribution in [2.75, 3.05) is 42.9 Å². The Hall–Kier alpha value is -1.99. The van der Waals surface area contributed by atoms with Crippen molar-refractivity contribution in [3.05, 3.63) is 45.9 Å². The van der Waals surface area contributed by atoms with E-state index in [2.05, 4.69) is 56.3 Å². The molecule has 4 rings (SSSR count). The molecule has 0 unspecified atom stereocenters. The number of hydrogen-bond acceptors (Lipinski definition) is 6. The Morgan fingerprint density at radius 2 is 1.92 bits per heavy atom. The van der Waals surface area contributed by atoms with Crippen molar-refractivity contribution in [1.82, 2.24) is 14.9 Å². The predicted molar refractivity (Wildman–Crippen MR) is 109 cm³/mol. The number of hydrogen-bond donors (Lipinski definition) is 2. The highest BCUT2D eigenvalue weighted by molar-refractivity contribution is 7.98. The molecule has 0 spiro atoms. The van der Waals surface area contributed by atoms with Gasteiger partial charge in [0.15, 0.2) is 0 Å². The van der Waals surface area contributed by atoms with E-state index in [1.54, 1.807) is 11.8 Å². The maximum Gasteiger partial charge on any atom is 0.256 e. The van der Waals surface area contributed by atoms with Gasteiger partial charge in [0, 0.05) is 54.6 Å². The van der Waals surface area contributed by atoms with Gasteiger partial charge in [-0.2, -0.15) is 11.8 Å². The summed E-state index contributed by atoms with van der Waals surface area (Å²) in [6.45, 7) is 7.84. The third kappa shape index (κ3) is 3.73. The molecule has 7 heteroatoms. The number of thioether (sulfide) groups is 1. The van der Waals surface area contributed by atoms with Crippen LogP contribution in [0.2, 0.25) is 0 Å². The van der Waals surface area contributed by atoms with Crippen molar-refractivity contribution in [2.24, 2.45) is 0 Å². The minimum absolute atomic E-state index is 0.0240. The summed E-state index contributed by atoms with van der Waals surface area (Å²) in [5.74, 6) is 2.10. The quantitative estimate of drug-likeness (QED) is 0.843. The molecule has 1 fully saturated rings. The molecule has 6 nitrogen and oxygen atoms in total. The SMILES string of the molecule is CCCN1CCN(c2ccc(Nc3nc4c(c(=O)[nH]3)CSC4)cc2)CC1. The van der Waals surface area contributed by atoms with E-state index in [1.165, 1.54) is 18.7 Å². The Kier molecular flexibility index (Phi) is 5.17. The molecule has 2 N–H and O–H groups in total. The monoisotopic (exact) mass is 371 g/mol. The fourth-order valence-corrected chi connectivity index (χ4v) is 4.60. The Bertz CT molecular complexity index is 812. The van der Waals surface area contributed by atoms with Gasteiger partial charge in [-0.3, -0.25) is 14.7 Å². The Balaban J connectivity index is 1.41. The first kappa shape index (κ1) is 17.4. The molecule has 0 radical (unpaired) electrons. The van der Waals surface area contributed by atoms with Gasteiger partial charge in [-0.15, -0.1) is 0 Å². The van der Waals surface area contributed by atoms with Crippen LogP contribution in [-0.2, 0) is 11.5 Å². The summed E-state index contributed by atoms with van der Waals surface area (Å²) >= 11 is 1.73. The third-order valence-corrected chi connectivity index (χ3v) is 5.96. The van der Waals surface area contributed by atoms with Crippen LogP contribution in [0, 0.1) is 0 Å². The highest BCUT2D eigenvalue weighted by Crippen LogP contribution is 2.27. The average Bonchev–Trinajstić information content (AvgIpc) is 3.13. The molecule has 1 aromatic heterocycles. The summed E-state index contributed by atoms with van der Waals surface area (Å²) in [5.41, 5.74) is 3.88. The topological polar surface area (TPSA) is 64.3 Å². The minimum atomic E-state index is -0.0240. The van der Waals surface area contributed by atoms with Crippen molar-refractivity contribution in [3.8, 4) is 0 Å². The molecule has 2 aliphatic rings. The van der Waals surface area contributed by atoms with Gasteiger partial charge in [-0.25, -0.2) is 4.98 Å². The summed E-state index contributed by atoms with van der Waals surface area (Å²) in [7, 11) is 0. The van der Waals surface area contributed by atoms with Gasteiger partial charge < -0.3 is 10.2 Å². The molecule has 26 heavy (non-hydrogen) atoms. The number of fused-ring (bicyclic) bond motifs is 1. The lowest BCUT2D eigenvalue weighted by atomic mass is 10.2. The van der Waals surface area contributed by atoms with E-state index in [-0.39, 0.29) is 5.56 Å². The van der Waals surface area contributed by atoms with E-state index in [1.807, 2.05) is 0 Å². The van der Waals surface area contributed by atoms with Crippen LogP contribution < -0.4 is 15.8 Å². The lowest BCUT2D eigenvalue weighted by Crippen LogP contribution is -2.46. The van der Waals surface area contributed by atoms with Crippen molar-refractivity contribution in [3.63, 3.8) is 0 Å². The molecule has 0 aliphatic carbocycles. The van der Waals surface area contributed by atoms with E-state index >= 15 is 0 Å². The standard InChI is InChI=1S/C19H25N5OS/c1-2-7-23-8-10-24(11-9-23)15-5-3-14(4-6-15)20-19-21-17-13-26-12-16(17)18(25)22-19/h3-6H,2,7-13H2,1H3,(H2,20,21,22,25). The van der Waals surface area contributed by atoms with E-state index in [0.717, 1.165) is 54.6 Å². The Morgan fingerprint density at radius 1 is 1.15 bits per heavy atom. The van der Waals surface area contributed by atoms with E-state index in [4.69, 9.17) is 0 Å². The minimum Gasteiger partial charge on any atom is -0.369 e.